The average Bonchev–Trinajstić information content (AvgIpc) is 2.40. The molecule has 2 atom stereocenters. The van der Waals surface area contributed by atoms with Gasteiger partial charge in [0.2, 0.25) is 0 Å². The van der Waals surface area contributed by atoms with Crippen molar-refractivity contribution in [2.45, 2.75) is 51.5 Å². The van der Waals surface area contributed by atoms with Gasteiger partial charge in [0.25, 0.3) is 0 Å². The molecular weight excluding hydrogens is 308 g/mol. The van der Waals surface area contributed by atoms with E-state index in [1.165, 1.54) is 0 Å². The molecule has 6 heteroatoms. The van der Waals surface area contributed by atoms with Crippen LogP contribution >= 0.6 is 0 Å². The van der Waals surface area contributed by atoms with E-state index in [4.69, 9.17) is 8.85 Å². The Bertz CT molecular complexity index is 539. The summed E-state index contributed by atoms with van der Waals surface area (Å²) < 4.78 is 11.9. The molecule has 0 saturated heterocycles. The summed E-state index contributed by atoms with van der Waals surface area (Å²) in [5.74, 6) is 0. The topological polar surface area (TPSA) is 66.0 Å². The lowest BCUT2D eigenvalue weighted by Gasteiger charge is -2.27. The number of hydrogen-bond acceptors (Lipinski definition) is 4. The van der Waals surface area contributed by atoms with Gasteiger partial charge in [0.1, 0.15) is 0 Å². The number of benzene rings is 1. The van der Waals surface area contributed by atoms with Gasteiger partial charge in [-0.1, -0.05) is 24.3 Å². The summed E-state index contributed by atoms with van der Waals surface area (Å²) in [6, 6.07) is 11.9. The fourth-order valence-electron chi connectivity index (χ4n) is 2.01. The first-order valence-corrected chi connectivity index (χ1v) is 14.1. The van der Waals surface area contributed by atoms with E-state index in [2.05, 4.69) is 12.1 Å². The van der Waals surface area contributed by atoms with Crippen molar-refractivity contribution in [1.82, 2.24) is 0 Å². The number of nitriles is 2. The minimum atomic E-state index is -1.88. The molecule has 0 bridgehead atoms. The summed E-state index contributed by atoms with van der Waals surface area (Å²) in [4.78, 5) is 0. The Morgan fingerprint density at radius 3 is 1.32 bits per heavy atom. The Hall–Kier alpha value is -1.45. The van der Waals surface area contributed by atoms with Gasteiger partial charge in [-0.15, -0.1) is 0 Å². The van der Waals surface area contributed by atoms with Crippen LogP contribution in [0.5, 0.6) is 0 Å². The number of nitrogens with zero attached hydrogens (tertiary/aromatic N) is 2. The molecule has 0 fully saturated rings. The van der Waals surface area contributed by atoms with Crippen molar-refractivity contribution in [1.29, 1.82) is 10.5 Å². The van der Waals surface area contributed by atoms with Gasteiger partial charge in [0.05, 0.1) is 12.1 Å². The third-order valence-corrected chi connectivity index (χ3v) is 4.62. The van der Waals surface area contributed by atoms with Gasteiger partial charge < -0.3 is 8.85 Å². The molecule has 1 rings (SSSR count). The maximum atomic E-state index is 9.49. The summed E-state index contributed by atoms with van der Waals surface area (Å²) >= 11 is 0. The highest BCUT2D eigenvalue weighted by atomic mass is 28.4. The first kappa shape index (κ1) is 18.6. The van der Waals surface area contributed by atoms with Crippen molar-refractivity contribution in [2.75, 3.05) is 0 Å². The molecule has 0 aliphatic heterocycles. The van der Waals surface area contributed by atoms with Gasteiger partial charge in [0, 0.05) is 11.1 Å². The molecule has 0 N–H and O–H groups in total. The lowest BCUT2D eigenvalue weighted by molar-refractivity contribution is 0.232. The fourth-order valence-corrected chi connectivity index (χ4v) is 3.79. The smallest absolute Gasteiger partial charge is 0.186 e. The van der Waals surface area contributed by atoms with Crippen molar-refractivity contribution < 1.29 is 8.85 Å². The lowest BCUT2D eigenvalue weighted by atomic mass is 9.99. The zero-order chi connectivity index (χ0) is 17.0. The van der Waals surface area contributed by atoms with Crippen LogP contribution in [0, 0.1) is 22.7 Å². The van der Waals surface area contributed by atoms with Gasteiger partial charge in [-0.25, -0.2) is 0 Å². The Morgan fingerprint density at radius 1 is 0.773 bits per heavy atom. The van der Waals surface area contributed by atoms with Crippen LogP contribution in [0.1, 0.15) is 23.3 Å². The van der Waals surface area contributed by atoms with Crippen LogP contribution in [0.2, 0.25) is 39.3 Å². The molecule has 0 saturated carbocycles. The van der Waals surface area contributed by atoms with Crippen molar-refractivity contribution in [2.24, 2.45) is 0 Å². The molecule has 1 aromatic carbocycles. The van der Waals surface area contributed by atoms with E-state index in [1.807, 2.05) is 63.5 Å². The molecule has 22 heavy (non-hydrogen) atoms. The molecule has 0 amide bonds. The zero-order valence-electron chi connectivity index (χ0n) is 14.2. The second kappa shape index (κ2) is 7.21. The van der Waals surface area contributed by atoms with Crippen LogP contribution in [-0.4, -0.2) is 16.6 Å². The van der Waals surface area contributed by atoms with Crippen LogP contribution in [0.15, 0.2) is 24.3 Å². The number of hydrogen-bond donors (Lipinski definition) is 0. The van der Waals surface area contributed by atoms with Gasteiger partial charge in [-0.2, -0.15) is 10.5 Å². The maximum Gasteiger partial charge on any atom is 0.186 e. The summed E-state index contributed by atoms with van der Waals surface area (Å²) in [6.07, 6.45) is -1.33. The molecular formula is C16H24N2O2Si2. The SMILES string of the molecule is C[Si](C)(C)OC(C#N)c1ccccc1C(C#N)O[Si](C)(C)C. The van der Waals surface area contributed by atoms with Crippen molar-refractivity contribution >= 4 is 16.6 Å². The largest absolute Gasteiger partial charge is 0.399 e. The van der Waals surface area contributed by atoms with E-state index in [0.717, 1.165) is 11.1 Å². The highest BCUT2D eigenvalue weighted by Gasteiger charge is 2.28. The Kier molecular flexibility index (Phi) is 6.10. The standard InChI is InChI=1S/C16H24N2O2Si2/c1-21(2,3)19-15(11-17)13-9-7-8-10-14(13)16(12-18)20-22(4,5)6/h7-10,15-16H,1-6H3. The van der Waals surface area contributed by atoms with E-state index < -0.39 is 28.8 Å². The van der Waals surface area contributed by atoms with E-state index in [9.17, 15) is 10.5 Å². The molecule has 0 aliphatic carbocycles. The van der Waals surface area contributed by atoms with Crippen molar-refractivity contribution in [3.63, 3.8) is 0 Å². The van der Waals surface area contributed by atoms with Crippen LogP contribution in [0.4, 0.5) is 0 Å². The first-order valence-electron chi connectivity index (χ1n) is 7.31. The van der Waals surface area contributed by atoms with E-state index in [0.29, 0.717) is 0 Å². The monoisotopic (exact) mass is 332 g/mol. The van der Waals surface area contributed by atoms with Gasteiger partial charge in [-0.05, 0) is 39.3 Å². The molecule has 0 heterocycles. The summed E-state index contributed by atoms with van der Waals surface area (Å²) in [5, 5.41) is 19.0. The van der Waals surface area contributed by atoms with E-state index >= 15 is 0 Å². The van der Waals surface area contributed by atoms with Crippen LogP contribution < -0.4 is 0 Å². The molecule has 0 radical (unpaired) electrons. The molecule has 118 valence electrons. The molecule has 4 nitrogen and oxygen atoms in total. The van der Waals surface area contributed by atoms with Crippen molar-refractivity contribution in [3.05, 3.63) is 35.4 Å². The Labute approximate surface area is 135 Å². The Balaban J connectivity index is 3.23. The summed E-state index contributed by atoms with van der Waals surface area (Å²) in [7, 11) is -3.75. The maximum absolute atomic E-state index is 9.49. The predicted octanol–water partition coefficient (Wildman–Crippen LogP) is 4.52. The fraction of sp³-hybridized carbons (Fsp3) is 0.500. The molecule has 0 aromatic heterocycles. The molecule has 0 aliphatic rings. The molecule has 2 unspecified atom stereocenters. The Morgan fingerprint density at radius 2 is 1.09 bits per heavy atom. The number of rotatable bonds is 6. The quantitative estimate of drug-likeness (QED) is 0.718. The second-order valence-electron chi connectivity index (χ2n) is 7.11. The molecule has 0 spiro atoms. The van der Waals surface area contributed by atoms with Crippen LogP contribution in [0.3, 0.4) is 0 Å². The van der Waals surface area contributed by atoms with Gasteiger partial charge in [0.15, 0.2) is 28.8 Å². The second-order valence-corrected chi connectivity index (χ2v) is 16.0. The lowest BCUT2D eigenvalue weighted by Crippen LogP contribution is -2.30. The summed E-state index contributed by atoms with van der Waals surface area (Å²) in [5.41, 5.74) is 1.47. The predicted molar refractivity (Wildman–Crippen MR) is 92.0 cm³/mol. The van der Waals surface area contributed by atoms with E-state index in [1.54, 1.807) is 0 Å². The van der Waals surface area contributed by atoms with Gasteiger partial charge >= 0.3 is 0 Å². The van der Waals surface area contributed by atoms with Crippen molar-refractivity contribution in [3.8, 4) is 12.1 Å². The summed E-state index contributed by atoms with van der Waals surface area (Å²) in [6.45, 7) is 12.3. The van der Waals surface area contributed by atoms with Crippen LogP contribution in [-0.2, 0) is 8.85 Å². The van der Waals surface area contributed by atoms with Crippen LogP contribution in [0.25, 0.3) is 0 Å². The minimum Gasteiger partial charge on any atom is -0.399 e. The zero-order valence-corrected chi connectivity index (χ0v) is 16.2. The third-order valence-electron chi connectivity index (χ3n) is 2.74. The first-order chi connectivity index (χ1) is 10.1. The highest BCUT2D eigenvalue weighted by Crippen LogP contribution is 2.31. The average molecular weight is 333 g/mol. The molecule has 1 aromatic rings. The highest BCUT2D eigenvalue weighted by molar-refractivity contribution is 6.70. The third kappa shape index (κ3) is 5.74. The van der Waals surface area contributed by atoms with E-state index in [-0.39, 0.29) is 0 Å². The minimum absolute atomic E-state index is 0.663. The van der Waals surface area contributed by atoms with Gasteiger partial charge in [-0.3, -0.25) is 0 Å². The normalized spacial score (nSPS) is 14.7.